The van der Waals surface area contributed by atoms with Crippen LogP contribution in [0.5, 0.6) is 0 Å². The van der Waals surface area contributed by atoms with Crippen molar-refractivity contribution in [3.8, 4) is 22.3 Å². The van der Waals surface area contributed by atoms with E-state index in [2.05, 4.69) is 24.3 Å². The highest BCUT2D eigenvalue weighted by atomic mass is 14.2. The average molecular weight is 489 g/mol. The van der Waals surface area contributed by atoms with Crippen LogP contribution in [0, 0.1) is 0 Å². The van der Waals surface area contributed by atoms with E-state index in [-0.39, 0.29) is 45.7 Å². The number of hydrogen-bond acceptors (Lipinski definition) is 0. The summed E-state index contributed by atoms with van der Waals surface area (Å²) in [6.45, 7) is 0. The predicted octanol–water partition coefficient (Wildman–Crippen LogP) is 10.8. The zero-order chi connectivity index (χ0) is 32.0. The number of fused-ring (bicyclic) bond motifs is 8. The monoisotopic (exact) mass is 488 g/mol. The summed E-state index contributed by atoms with van der Waals surface area (Å²) in [4.78, 5) is 0. The standard InChI is InChI=1S/C38H24/c1-2-12-25(13-3-1)37-32-18-8-10-20-34(32)38(35-21-11-9-19-33(35)37)26-22-23-31-29-16-5-4-14-27(29)28-15-6-7-17-30(28)36(31)24-26/h1-24H/i8D,9D,10D,11D,18D,19D,20D,21D. The van der Waals surface area contributed by atoms with Gasteiger partial charge >= 0.3 is 0 Å². The normalized spacial score (nSPS) is 14.6. The molecule has 0 radical (unpaired) electrons. The van der Waals surface area contributed by atoms with E-state index in [0.717, 1.165) is 32.3 Å². The molecule has 0 N–H and O–H groups in total. The molecule has 0 saturated heterocycles. The minimum atomic E-state index is -0.407. The van der Waals surface area contributed by atoms with Crippen LogP contribution in [0.3, 0.4) is 0 Å². The van der Waals surface area contributed by atoms with Crippen LogP contribution < -0.4 is 0 Å². The molecule has 0 heterocycles. The lowest BCUT2D eigenvalue weighted by Gasteiger charge is -2.18. The van der Waals surface area contributed by atoms with Gasteiger partial charge in [-0.1, -0.05) is 139 Å². The van der Waals surface area contributed by atoms with E-state index in [1.807, 2.05) is 48.5 Å². The number of benzene rings is 8. The maximum atomic E-state index is 9.19. The van der Waals surface area contributed by atoms with Crippen LogP contribution >= 0.6 is 0 Å². The Morgan fingerprint density at radius 1 is 0.316 bits per heavy atom. The van der Waals surface area contributed by atoms with Crippen molar-refractivity contribution in [2.24, 2.45) is 0 Å². The van der Waals surface area contributed by atoms with Crippen molar-refractivity contribution < 1.29 is 11.0 Å². The number of rotatable bonds is 2. The van der Waals surface area contributed by atoms with Gasteiger partial charge in [-0.15, -0.1) is 0 Å². The van der Waals surface area contributed by atoms with Crippen molar-refractivity contribution in [3.05, 3.63) is 145 Å². The summed E-state index contributed by atoms with van der Waals surface area (Å²) in [5.41, 5.74) is 1.89. The van der Waals surface area contributed by atoms with E-state index < -0.39 is 24.2 Å². The van der Waals surface area contributed by atoms with E-state index in [9.17, 15) is 2.74 Å². The van der Waals surface area contributed by atoms with Gasteiger partial charge in [-0.2, -0.15) is 0 Å². The molecule has 0 atom stereocenters. The van der Waals surface area contributed by atoms with Gasteiger partial charge in [0.1, 0.15) is 0 Å². The second kappa shape index (κ2) is 8.30. The lowest BCUT2D eigenvalue weighted by atomic mass is 9.85. The Kier molecular flexibility index (Phi) is 3.21. The second-order valence-corrected chi connectivity index (χ2v) is 9.47. The van der Waals surface area contributed by atoms with Gasteiger partial charge in [-0.3, -0.25) is 0 Å². The Morgan fingerprint density at radius 3 is 1.21 bits per heavy atom. The minimum absolute atomic E-state index is 0.215. The fourth-order valence-electron chi connectivity index (χ4n) is 5.87. The first-order chi connectivity index (χ1) is 22.2. The molecule has 0 fully saturated rings. The van der Waals surface area contributed by atoms with Gasteiger partial charge in [0.25, 0.3) is 0 Å². The first kappa shape index (κ1) is 14.7. The summed E-state index contributed by atoms with van der Waals surface area (Å²) >= 11 is 0. The summed E-state index contributed by atoms with van der Waals surface area (Å²) in [6.07, 6.45) is 0. The molecule has 8 rings (SSSR count). The van der Waals surface area contributed by atoms with E-state index in [1.54, 1.807) is 24.3 Å². The first-order valence-electron chi connectivity index (χ1n) is 16.6. The Morgan fingerprint density at radius 2 is 0.711 bits per heavy atom. The molecule has 0 nitrogen and oxygen atoms in total. The van der Waals surface area contributed by atoms with Gasteiger partial charge in [-0.05, 0) is 82.2 Å². The van der Waals surface area contributed by atoms with Crippen molar-refractivity contribution in [1.82, 2.24) is 0 Å². The molecule has 0 aromatic heterocycles. The Balaban J connectivity index is 1.67. The molecule has 0 amide bonds. The molecule has 0 heteroatoms. The molecule has 0 aliphatic carbocycles. The van der Waals surface area contributed by atoms with Gasteiger partial charge in [0.05, 0.1) is 11.0 Å². The Labute approximate surface area is 232 Å². The van der Waals surface area contributed by atoms with Crippen LogP contribution in [0.2, 0.25) is 0 Å². The zero-order valence-electron chi connectivity index (χ0n) is 28.2. The maximum absolute atomic E-state index is 9.19. The lowest BCUT2D eigenvalue weighted by molar-refractivity contribution is 1.66. The molecular formula is C38H24. The van der Waals surface area contributed by atoms with Gasteiger partial charge < -0.3 is 0 Å². The van der Waals surface area contributed by atoms with Crippen molar-refractivity contribution >= 4 is 53.9 Å². The third-order valence-electron chi connectivity index (χ3n) is 7.47. The quantitative estimate of drug-likeness (QED) is 0.168. The molecule has 0 bridgehead atoms. The third-order valence-corrected chi connectivity index (χ3v) is 7.47. The summed E-state index contributed by atoms with van der Waals surface area (Å²) < 4.78 is 71.2. The third kappa shape index (κ3) is 3.04. The van der Waals surface area contributed by atoms with Gasteiger partial charge in [0.15, 0.2) is 0 Å². The Hall–Kier alpha value is -4.94. The molecule has 38 heavy (non-hydrogen) atoms. The van der Waals surface area contributed by atoms with Crippen LogP contribution in [-0.4, -0.2) is 0 Å². The van der Waals surface area contributed by atoms with Crippen LogP contribution in [0.4, 0.5) is 0 Å². The van der Waals surface area contributed by atoms with E-state index in [4.69, 9.17) is 8.22 Å². The predicted molar refractivity (Wildman–Crippen MR) is 165 cm³/mol. The molecule has 8 aromatic carbocycles. The number of hydrogen-bond donors (Lipinski definition) is 0. The summed E-state index contributed by atoms with van der Waals surface area (Å²) in [5, 5.41) is 7.07. The zero-order valence-corrected chi connectivity index (χ0v) is 20.2. The fraction of sp³-hybridized carbons (Fsp3) is 0. The van der Waals surface area contributed by atoms with Crippen LogP contribution in [-0.2, 0) is 0 Å². The van der Waals surface area contributed by atoms with E-state index in [0.29, 0.717) is 22.3 Å². The van der Waals surface area contributed by atoms with E-state index >= 15 is 0 Å². The van der Waals surface area contributed by atoms with Gasteiger partial charge in [0.2, 0.25) is 0 Å². The molecule has 176 valence electrons. The lowest BCUT2D eigenvalue weighted by Crippen LogP contribution is -1.91. The summed E-state index contributed by atoms with van der Waals surface area (Å²) in [6, 6.07) is 28.5. The van der Waals surface area contributed by atoms with Crippen molar-refractivity contribution in [1.29, 1.82) is 0 Å². The second-order valence-electron chi connectivity index (χ2n) is 9.47. The van der Waals surface area contributed by atoms with Crippen LogP contribution in [0.1, 0.15) is 11.0 Å². The maximum Gasteiger partial charge on any atom is 0.0629 e. The van der Waals surface area contributed by atoms with Crippen molar-refractivity contribution in [2.75, 3.05) is 0 Å². The van der Waals surface area contributed by atoms with Crippen molar-refractivity contribution in [3.63, 3.8) is 0 Å². The van der Waals surface area contributed by atoms with Gasteiger partial charge in [-0.25, -0.2) is 0 Å². The van der Waals surface area contributed by atoms with E-state index in [1.165, 1.54) is 0 Å². The minimum Gasteiger partial charge on any atom is -0.0622 e. The molecule has 0 saturated carbocycles. The topological polar surface area (TPSA) is 0 Å². The highest BCUT2D eigenvalue weighted by Gasteiger charge is 2.17. The largest absolute Gasteiger partial charge is 0.0629 e. The SMILES string of the molecule is [2H]c1c([2H])c([2H])c2c(-c3ccc4c5ccccc5c5ccccc5c4c3)c3c([2H])c([2H])c([2H])c([2H])c3c(-c3ccccc3)c2c1[2H]. The molecule has 8 aromatic rings. The van der Waals surface area contributed by atoms with Crippen LogP contribution in [0.25, 0.3) is 76.1 Å². The summed E-state index contributed by atoms with van der Waals surface area (Å²) in [5.74, 6) is 0. The molecule has 0 aliphatic rings. The molecule has 0 aliphatic heterocycles. The van der Waals surface area contributed by atoms with Crippen LogP contribution in [0.15, 0.2) is 145 Å². The fourth-order valence-corrected chi connectivity index (χ4v) is 5.87. The van der Waals surface area contributed by atoms with Gasteiger partial charge in [0, 0.05) is 0 Å². The highest BCUT2D eigenvalue weighted by Crippen LogP contribution is 2.45. The first-order valence-corrected chi connectivity index (χ1v) is 12.6. The van der Waals surface area contributed by atoms with Crippen molar-refractivity contribution in [2.45, 2.75) is 0 Å². The highest BCUT2D eigenvalue weighted by molar-refractivity contribution is 6.27. The molecule has 0 unspecified atom stereocenters. The molecule has 0 spiro atoms. The summed E-state index contributed by atoms with van der Waals surface area (Å²) in [7, 11) is 0. The Bertz CT molecular complexity index is 2490. The smallest absolute Gasteiger partial charge is 0.0622 e. The molecular weight excluding hydrogens is 456 g/mol. The average Bonchev–Trinajstić information content (AvgIpc) is 3.10.